The van der Waals surface area contributed by atoms with E-state index >= 15 is 0 Å². The van der Waals surface area contributed by atoms with Crippen LogP contribution in [-0.2, 0) is 4.79 Å². The van der Waals surface area contributed by atoms with E-state index in [-0.39, 0.29) is 11.8 Å². The van der Waals surface area contributed by atoms with Gasteiger partial charge in [0.2, 0.25) is 11.9 Å². The molecule has 3 heterocycles. The van der Waals surface area contributed by atoms with E-state index in [9.17, 15) is 4.79 Å². The van der Waals surface area contributed by atoms with Gasteiger partial charge < -0.3 is 20.1 Å². The minimum atomic E-state index is -0.00701. The summed E-state index contributed by atoms with van der Waals surface area (Å²) in [5, 5.41) is 0. The highest BCUT2D eigenvalue weighted by Gasteiger charge is 2.30. The second-order valence-corrected chi connectivity index (χ2v) is 8.32. The molecule has 0 aromatic carbocycles. The number of rotatable bonds is 5. The average Bonchev–Trinajstić information content (AvgIpc) is 3.20. The third kappa shape index (κ3) is 3.89. The topological polar surface area (TPSA) is 93.2 Å². The van der Waals surface area contributed by atoms with Crippen molar-refractivity contribution in [3.8, 4) is 0 Å². The Hall–Kier alpha value is -2.38. The molecule has 2 aromatic rings. The van der Waals surface area contributed by atoms with Gasteiger partial charge in [-0.2, -0.15) is 9.97 Å². The Bertz CT molecular complexity index is 854. The molecule has 8 heteroatoms. The summed E-state index contributed by atoms with van der Waals surface area (Å²) in [7, 11) is 0. The van der Waals surface area contributed by atoms with E-state index in [4.69, 9.17) is 10.7 Å². The summed E-state index contributed by atoms with van der Waals surface area (Å²) in [5.74, 6) is 1.29. The number of hydrogen-bond donors (Lipinski definition) is 1. The minimum absolute atomic E-state index is 0.00701. The number of anilines is 2. The van der Waals surface area contributed by atoms with Gasteiger partial charge in [-0.1, -0.05) is 19.3 Å². The van der Waals surface area contributed by atoms with Crippen molar-refractivity contribution in [2.75, 3.05) is 36.8 Å². The summed E-state index contributed by atoms with van der Waals surface area (Å²) in [6.07, 6.45) is 9.88. The first-order valence-corrected chi connectivity index (χ1v) is 11.2. The highest BCUT2D eigenvalue weighted by atomic mass is 16.2. The van der Waals surface area contributed by atoms with Crippen molar-refractivity contribution in [2.24, 2.45) is 5.92 Å². The summed E-state index contributed by atoms with van der Waals surface area (Å²) >= 11 is 0. The molecule has 1 amide bonds. The molecule has 2 aliphatic rings. The summed E-state index contributed by atoms with van der Waals surface area (Å²) < 4.78 is 2.19. The molecule has 1 saturated carbocycles. The first kappa shape index (κ1) is 19.9. The van der Waals surface area contributed by atoms with Gasteiger partial charge in [-0.15, -0.1) is 0 Å². The SMILES string of the molecule is CCN(CC)C(=O)C1CCCN(c2nc(N)c3ncn(C4CCCCC4)c3n2)C1. The fourth-order valence-electron chi connectivity index (χ4n) is 4.85. The van der Waals surface area contributed by atoms with Crippen LogP contribution < -0.4 is 10.6 Å². The fraction of sp³-hybridized carbons (Fsp3) is 0.714. The lowest BCUT2D eigenvalue weighted by Crippen LogP contribution is -2.45. The normalized spacial score (nSPS) is 20.9. The molecule has 1 saturated heterocycles. The van der Waals surface area contributed by atoms with Gasteiger partial charge in [-0.25, -0.2) is 4.98 Å². The van der Waals surface area contributed by atoms with Crippen LogP contribution >= 0.6 is 0 Å². The minimum Gasteiger partial charge on any atom is -0.382 e. The lowest BCUT2D eigenvalue weighted by Gasteiger charge is -2.34. The Balaban J connectivity index is 1.60. The number of amides is 1. The predicted molar refractivity (Wildman–Crippen MR) is 115 cm³/mol. The zero-order chi connectivity index (χ0) is 20.4. The average molecular weight is 400 g/mol. The second-order valence-electron chi connectivity index (χ2n) is 8.32. The van der Waals surface area contributed by atoms with E-state index in [2.05, 4.69) is 19.4 Å². The monoisotopic (exact) mass is 399 g/mol. The van der Waals surface area contributed by atoms with Crippen LogP contribution in [0.3, 0.4) is 0 Å². The molecule has 1 aliphatic heterocycles. The predicted octanol–water partition coefficient (Wildman–Crippen LogP) is 3.00. The quantitative estimate of drug-likeness (QED) is 0.831. The zero-order valence-electron chi connectivity index (χ0n) is 17.7. The molecule has 158 valence electrons. The van der Waals surface area contributed by atoms with Crippen LogP contribution in [0, 0.1) is 5.92 Å². The van der Waals surface area contributed by atoms with E-state index in [0.717, 1.165) is 51.0 Å². The molecule has 2 N–H and O–H groups in total. The number of carbonyl (C=O) groups is 1. The van der Waals surface area contributed by atoms with Crippen LogP contribution in [0.15, 0.2) is 6.33 Å². The fourth-order valence-corrected chi connectivity index (χ4v) is 4.85. The maximum Gasteiger partial charge on any atom is 0.229 e. The molecule has 2 fully saturated rings. The Kier molecular flexibility index (Phi) is 5.87. The number of nitrogens with two attached hydrogens (primary N) is 1. The Morgan fingerprint density at radius 2 is 1.90 bits per heavy atom. The van der Waals surface area contributed by atoms with Crippen LogP contribution in [0.4, 0.5) is 11.8 Å². The summed E-state index contributed by atoms with van der Waals surface area (Å²) in [4.78, 5) is 30.8. The van der Waals surface area contributed by atoms with Crippen molar-refractivity contribution in [1.29, 1.82) is 0 Å². The van der Waals surface area contributed by atoms with Crippen molar-refractivity contribution in [3.63, 3.8) is 0 Å². The largest absolute Gasteiger partial charge is 0.382 e. The Morgan fingerprint density at radius 3 is 2.62 bits per heavy atom. The van der Waals surface area contributed by atoms with Gasteiger partial charge in [-0.05, 0) is 39.5 Å². The molecule has 0 radical (unpaired) electrons. The lowest BCUT2D eigenvalue weighted by atomic mass is 9.95. The van der Waals surface area contributed by atoms with Crippen LogP contribution in [0.5, 0.6) is 0 Å². The smallest absolute Gasteiger partial charge is 0.229 e. The van der Waals surface area contributed by atoms with Crippen LogP contribution in [0.2, 0.25) is 0 Å². The lowest BCUT2D eigenvalue weighted by molar-refractivity contribution is -0.135. The number of fused-ring (bicyclic) bond motifs is 1. The van der Waals surface area contributed by atoms with Gasteiger partial charge in [0.15, 0.2) is 11.5 Å². The number of nitrogen functional groups attached to an aromatic ring is 1. The van der Waals surface area contributed by atoms with Crippen LogP contribution in [0.1, 0.15) is 64.8 Å². The van der Waals surface area contributed by atoms with Gasteiger partial charge in [-0.3, -0.25) is 4.79 Å². The number of aromatic nitrogens is 4. The molecular formula is C21H33N7O. The first-order chi connectivity index (χ1) is 14.1. The molecule has 4 rings (SSSR count). The zero-order valence-corrected chi connectivity index (χ0v) is 17.7. The summed E-state index contributed by atoms with van der Waals surface area (Å²) in [5.41, 5.74) is 7.78. The third-order valence-electron chi connectivity index (χ3n) is 6.53. The van der Waals surface area contributed by atoms with Crippen molar-refractivity contribution in [1.82, 2.24) is 24.4 Å². The molecule has 8 nitrogen and oxygen atoms in total. The molecule has 2 aromatic heterocycles. The van der Waals surface area contributed by atoms with Gasteiger partial charge >= 0.3 is 0 Å². The van der Waals surface area contributed by atoms with Gasteiger partial charge in [0.05, 0.1) is 12.2 Å². The molecule has 1 atom stereocenters. The summed E-state index contributed by atoms with van der Waals surface area (Å²) in [6, 6.07) is 0.439. The highest BCUT2D eigenvalue weighted by Crippen LogP contribution is 2.32. The molecule has 0 bridgehead atoms. The van der Waals surface area contributed by atoms with E-state index in [0.29, 0.717) is 29.9 Å². The van der Waals surface area contributed by atoms with Crippen molar-refractivity contribution in [3.05, 3.63) is 6.33 Å². The number of hydrogen-bond acceptors (Lipinski definition) is 6. The van der Waals surface area contributed by atoms with Crippen LogP contribution in [-0.4, -0.2) is 56.5 Å². The summed E-state index contributed by atoms with van der Waals surface area (Å²) in [6.45, 7) is 7.07. The number of piperidine rings is 1. The standard InChI is InChI=1S/C21H33N7O/c1-3-26(4-2)20(29)15-9-8-12-27(13-15)21-24-18(22)17-19(25-21)28(14-23-17)16-10-6-5-7-11-16/h14-16H,3-13H2,1-2H3,(H2,22,24,25). The maximum atomic E-state index is 12.9. The molecule has 1 aliphatic carbocycles. The van der Waals surface area contributed by atoms with E-state index < -0.39 is 0 Å². The number of nitrogens with zero attached hydrogens (tertiary/aromatic N) is 6. The Labute approximate surface area is 172 Å². The molecule has 0 spiro atoms. The number of imidazole rings is 1. The molecule has 1 unspecified atom stereocenters. The second kappa shape index (κ2) is 8.55. The Morgan fingerprint density at radius 1 is 1.14 bits per heavy atom. The molecule has 29 heavy (non-hydrogen) atoms. The maximum absolute atomic E-state index is 12.9. The van der Waals surface area contributed by atoms with Crippen molar-refractivity contribution >= 4 is 28.8 Å². The van der Waals surface area contributed by atoms with E-state index in [1.165, 1.54) is 19.3 Å². The van der Waals surface area contributed by atoms with Crippen molar-refractivity contribution < 1.29 is 4.79 Å². The molecular weight excluding hydrogens is 366 g/mol. The highest BCUT2D eigenvalue weighted by molar-refractivity contribution is 5.83. The van der Waals surface area contributed by atoms with Gasteiger partial charge in [0.1, 0.15) is 5.52 Å². The van der Waals surface area contributed by atoms with Crippen molar-refractivity contribution in [2.45, 2.75) is 64.8 Å². The van der Waals surface area contributed by atoms with E-state index in [1.807, 2.05) is 25.1 Å². The first-order valence-electron chi connectivity index (χ1n) is 11.2. The number of carbonyl (C=O) groups excluding carboxylic acids is 1. The van der Waals surface area contributed by atoms with Crippen LogP contribution in [0.25, 0.3) is 11.2 Å². The van der Waals surface area contributed by atoms with Gasteiger partial charge in [0.25, 0.3) is 0 Å². The third-order valence-corrected chi connectivity index (χ3v) is 6.53. The van der Waals surface area contributed by atoms with Gasteiger partial charge in [0, 0.05) is 32.2 Å². The van der Waals surface area contributed by atoms with E-state index in [1.54, 1.807) is 0 Å².